The number of ether oxygens (including phenoxy) is 3. The Morgan fingerprint density at radius 1 is 1.04 bits per heavy atom. The molecule has 0 amide bonds. The molecule has 2 saturated heterocycles. The van der Waals surface area contributed by atoms with E-state index in [1.54, 1.807) is 24.3 Å². The van der Waals surface area contributed by atoms with Crippen LogP contribution in [0.25, 0.3) is 0 Å². The summed E-state index contributed by atoms with van der Waals surface area (Å²) in [6.07, 6.45) is -3.07. The second kappa shape index (κ2) is 6.60. The number of rotatable bonds is 3. The Bertz CT molecular complexity index is 663. The highest BCUT2D eigenvalue weighted by molar-refractivity contribution is 7.87. The van der Waals surface area contributed by atoms with E-state index in [4.69, 9.17) is 14.2 Å². The molecule has 134 valence electrons. The van der Waals surface area contributed by atoms with E-state index in [0.29, 0.717) is 0 Å². The van der Waals surface area contributed by atoms with E-state index >= 15 is 0 Å². The van der Waals surface area contributed by atoms with E-state index in [9.17, 15) is 21.6 Å². The van der Waals surface area contributed by atoms with Gasteiger partial charge in [0.1, 0.15) is 12.2 Å². The summed E-state index contributed by atoms with van der Waals surface area (Å²) < 4.78 is 80.2. The molecule has 0 spiro atoms. The van der Waals surface area contributed by atoms with Crippen LogP contribution in [-0.4, -0.2) is 45.5 Å². The molecule has 0 aliphatic carbocycles. The summed E-state index contributed by atoms with van der Waals surface area (Å²) >= 11 is 0. The molecule has 6 nitrogen and oxygen atoms in total. The Hall–Kier alpha value is -1.20. The molecule has 0 aromatic heterocycles. The van der Waals surface area contributed by atoms with Crippen LogP contribution < -0.4 is 0 Å². The molecule has 2 aliphatic rings. The van der Waals surface area contributed by atoms with Gasteiger partial charge in [-0.2, -0.15) is 21.6 Å². The summed E-state index contributed by atoms with van der Waals surface area (Å²) in [7, 11) is -5.67. The van der Waals surface area contributed by atoms with E-state index in [2.05, 4.69) is 4.18 Å². The molecule has 4 atom stereocenters. The van der Waals surface area contributed by atoms with Gasteiger partial charge in [0.05, 0.1) is 19.3 Å². The number of hydrogen-bond acceptors (Lipinski definition) is 6. The number of fused-ring (bicyclic) bond motifs is 1. The molecule has 0 N–H and O–H groups in total. The van der Waals surface area contributed by atoms with Crippen molar-refractivity contribution in [3.63, 3.8) is 0 Å². The average molecular weight is 368 g/mol. The molecule has 1 aromatic carbocycles. The minimum atomic E-state index is -5.67. The number of hydrogen-bond donors (Lipinski definition) is 0. The van der Waals surface area contributed by atoms with Gasteiger partial charge in [0.2, 0.25) is 0 Å². The van der Waals surface area contributed by atoms with E-state index in [1.807, 2.05) is 6.07 Å². The lowest BCUT2D eigenvalue weighted by Crippen LogP contribution is -2.50. The van der Waals surface area contributed by atoms with Crippen molar-refractivity contribution in [2.45, 2.75) is 36.5 Å². The third-order valence-electron chi connectivity index (χ3n) is 3.73. The zero-order valence-corrected chi connectivity index (χ0v) is 13.1. The molecule has 0 saturated carbocycles. The van der Waals surface area contributed by atoms with E-state index in [-0.39, 0.29) is 19.6 Å². The molecule has 10 heteroatoms. The van der Waals surface area contributed by atoms with Crippen LogP contribution in [0.5, 0.6) is 0 Å². The summed E-state index contributed by atoms with van der Waals surface area (Å²) in [5.41, 5.74) is -4.71. The highest BCUT2D eigenvalue weighted by atomic mass is 32.2. The SMILES string of the molecule is O=S(=O)(O[C@H]1CO[C@@H]2CO[C@@H](c3ccccc3)O[C@H]2C1)C(F)(F)F. The quantitative estimate of drug-likeness (QED) is 0.601. The van der Waals surface area contributed by atoms with Gasteiger partial charge in [0.15, 0.2) is 6.29 Å². The van der Waals surface area contributed by atoms with Crippen LogP contribution in [0.1, 0.15) is 18.3 Å². The van der Waals surface area contributed by atoms with Crippen molar-refractivity contribution < 1.29 is 40.0 Å². The van der Waals surface area contributed by atoms with Gasteiger partial charge < -0.3 is 14.2 Å². The van der Waals surface area contributed by atoms with E-state index < -0.39 is 40.2 Å². The fourth-order valence-corrected chi connectivity index (χ4v) is 3.18. The van der Waals surface area contributed by atoms with Gasteiger partial charge in [-0.15, -0.1) is 0 Å². The summed E-state index contributed by atoms with van der Waals surface area (Å²) in [6, 6.07) is 9.00. The highest BCUT2D eigenvalue weighted by Gasteiger charge is 2.50. The monoisotopic (exact) mass is 368 g/mol. The Balaban J connectivity index is 1.65. The van der Waals surface area contributed by atoms with Crippen LogP contribution in [0.3, 0.4) is 0 Å². The fraction of sp³-hybridized carbons (Fsp3) is 0.571. The predicted octanol–water partition coefficient (Wildman–Crippen LogP) is 2.12. The largest absolute Gasteiger partial charge is 0.523 e. The summed E-state index contributed by atoms with van der Waals surface area (Å²) in [6.45, 7) is -0.0812. The van der Waals surface area contributed by atoms with E-state index in [1.165, 1.54) is 0 Å². The van der Waals surface area contributed by atoms with Gasteiger partial charge in [-0.25, -0.2) is 0 Å². The Morgan fingerprint density at radius 2 is 1.75 bits per heavy atom. The minimum Gasteiger partial charge on any atom is -0.370 e. The predicted molar refractivity (Wildman–Crippen MR) is 74.2 cm³/mol. The van der Waals surface area contributed by atoms with Gasteiger partial charge in [0.25, 0.3) is 0 Å². The standard InChI is InChI=1S/C14H15F3O6S/c15-14(16,17)24(18,19)23-10-6-11-12(20-7-10)8-21-13(22-11)9-4-2-1-3-5-9/h1-5,10-13H,6-8H2/t10-,11+,12-,13-/m1/s1. The van der Waals surface area contributed by atoms with Crippen LogP contribution in [-0.2, 0) is 28.5 Å². The Labute approximate surface area is 136 Å². The first kappa shape index (κ1) is 17.6. The third-order valence-corrected chi connectivity index (χ3v) is 4.83. The first-order valence-electron chi connectivity index (χ1n) is 7.19. The molecule has 2 aliphatic heterocycles. The second-order valence-electron chi connectivity index (χ2n) is 5.48. The molecule has 1 aromatic rings. The molecule has 0 radical (unpaired) electrons. The van der Waals surface area contributed by atoms with Gasteiger partial charge in [-0.1, -0.05) is 30.3 Å². The third kappa shape index (κ3) is 3.72. The van der Waals surface area contributed by atoms with Gasteiger partial charge in [-0.05, 0) is 0 Å². The normalized spacial score (nSPS) is 31.5. The summed E-state index contributed by atoms with van der Waals surface area (Å²) in [5, 5.41) is 0. The van der Waals surface area contributed by atoms with Crippen molar-refractivity contribution in [2.75, 3.05) is 13.2 Å². The molecule has 2 fully saturated rings. The summed E-state index contributed by atoms with van der Waals surface area (Å²) in [5.74, 6) is 0. The number of halogens is 3. The van der Waals surface area contributed by atoms with Crippen molar-refractivity contribution in [3.05, 3.63) is 35.9 Å². The molecule has 3 rings (SSSR count). The zero-order chi connectivity index (χ0) is 17.4. The lowest BCUT2D eigenvalue weighted by molar-refractivity contribution is -0.286. The average Bonchev–Trinajstić information content (AvgIpc) is 2.53. The lowest BCUT2D eigenvalue weighted by atomic mass is 10.0. The lowest BCUT2D eigenvalue weighted by Gasteiger charge is -2.41. The van der Waals surface area contributed by atoms with Crippen LogP contribution in [0.2, 0.25) is 0 Å². The van der Waals surface area contributed by atoms with E-state index in [0.717, 1.165) is 5.56 Å². The molecule has 0 bridgehead atoms. The first-order chi connectivity index (χ1) is 11.3. The van der Waals surface area contributed by atoms with Crippen molar-refractivity contribution in [2.24, 2.45) is 0 Å². The Kier molecular flexibility index (Phi) is 4.85. The van der Waals surface area contributed by atoms with Gasteiger partial charge in [-0.3, -0.25) is 4.18 Å². The summed E-state index contributed by atoms with van der Waals surface area (Å²) in [4.78, 5) is 0. The molecular weight excluding hydrogens is 353 g/mol. The first-order valence-corrected chi connectivity index (χ1v) is 8.60. The molecule has 0 unspecified atom stereocenters. The Morgan fingerprint density at radius 3 is 2.42 bits per heavy atom. The maximum Gasteiger partial charge on any atom is 0.523 e. The minimum absolute atomic E-state index is 0.0350. The smallest absolute Gasteiger partial charge is 0.370 e. The van der Waals surface area contributed by atoms with Crippen molar-refractivity contribution in [1.82, 2.24) is 0 Å². The number of benzene rings is 1. The molecular formula is C14H15F3O6S. The molecule has 24 heavy (non-hydrogen) atoms. The zero-order valence-electron chi connectivity index (χ0n) is 12.3. The maximum atomic E-state index is 12.4. The fourth-order valence-electron chi connectivity index (χ4n) is 2.58. The number of alkyl halides is 3. The van der Waals surface area contributed by atoms with Crippen molar-refractivity contribution >= 4 is 10.1 Å². The van der Waals surface area contributed by atoms with Gasteiger partial charge >= 0.3 is 15.6 Å². The second-order valence-corrected chi connectivity index (χ2v) is 7.04. The highest BCUT2D eigenvalue weighted by Crippen LogP contribution is 2.34. The maximum absolute atomic E-state index is 12.4. The van der Waals surface area contributed by atoms with Crippen LogP contribution in [0.15, 0.2) is 30.3 Å². The van der Waals surface area contributed by atoms with Crippen LogP contribution in [0.4, 0.5) is 13.2 Å². The van der Waals surface area contributed by atoms with Crippen molar-refractivity contribution in [3.8, 4) is 0 Å². The van der Waals surface area contributed by atoms with Gasteiger partial charge in [0, 0.05) is 12.0 Å². The van der Waals surface area contributed by atoms with Crippen molar-refractivity contribution in [1.29, 1.82) is 0 Å². The van der Waals surface area contributed by atoms with Crippen LogP contribution >= 0.6 is 0 Å². The van der Waals surface area contributed by atoms with Crippen LogP contribution in [0, 0.1) is 0 Å². The topological polar surface area (TPSA) is 71.1 Å². The molecule has 2 heterocycles.